The molecule has 1 amide bonds. The minimum atomic E-state index is -0.895. The molecule has 122 valence electrons. The Hall–Kier alpha value is -2.28. The number of rotatable bonds is 4. The van der Waals surface area contributed by atoms with Crippen LogP contribution in [0.4, 0.5) is 8.78 Å². The predicted octanol–water partition coefficient (Wildman–Crippen LogP) is 1.63. The maximum atomic E-state index is 13.2. The van der Waals surface area contributed by atoms with Crippen molar-refractivity contribution < 1.29 is 18.7 Å². The molecule has 1 aliphatic rings. The van der Waals surface area contributed by atoms with Gasteiger partial charge in [-0.05, 0) is 30.2 Å². The van der Waals surface area contributed by atoms with E-state index in [2.05, 4.69) is 5.10 Å². The minimum absolute atomic E-state index is 0.0345. The van der Waals surface area contributed by atoms with Gasteiger partial charge in [0.25, 0.3) is 0 Å². The smallest absolute Gasteiger partial charge is 0.223 e. The molecule has 0 atom stereocenters. The lowest BCUT2D eigenvalue weighted by Crippen LogP contribution is -2.38. The minimum Gasteiger partial charge on any atom is -0.390 e. The highest BCUT2D eigenvalue weighted by atomic mass is 19.2. The van der Waals surface area contributed by atoms with Crippen LogP contribution in [0.15, 0.2) is 24.3 Å². The molecule has 23 heavy (non-hydrogen) atoms. The lowest BCUT2D eigenvalue weighted by Gasteiger charge is -2.27. The normalized spacial score (nSPS) is 14.0. The van der Waals surface area contributed by atoms with Crippen LogP contribution in [0.3, 0.4) is 0 Å². The zero-order chi connectivity index (χ0) is 16.4. The van der Waals surface area contributed by atoms with Crippen LogP contribution in [0.2, 0.25) is 0 Å². The Balaban J connectivity index is 1.59. The lowest BCUT2D eigenvalue weighted by atomic mass is 10.1. The molecule has 0 fully saturated rings. The van der Waals surface area contributed by atoms with E-state index in [1.54, 1.807) is 15.6 Å². The highest BCUT2D eigenvalue weighted by Crippen LogP contribution is 2.16. The summed E-state index contributed by atoms with van der Waals surface area (Å²) in [5.41, 5.74) is 2.08. The summed E-state index contributed by atoms with van der Waals surface area (Å²) in [6.45, 7) is 1.47. The van der Waals surface area contributed by atoms with E-state index in [0.717, 1.165) is 17.8 Å². The Morgan fingerprint density at radius 3 is 2.78 bits per heavy atom. The number of hydrogen-bond donors (Lipinski definition) is 1. The molecule has 0 aliphatic carbocycles. The lowest BCUT2D eigenvalue weighted by molar-refractivity contribution is -0.132. The number of fused-ring (bicyclic) bond motifs is 1. The summed E-state index contributed by atoms with van der Waals surface area (Å²) >= 11 is 0. The van der Waals surface area contributed by atoms with Gasteiger partial charge in [-0.1, -0.05) is 6.07 Å². The Morgan fingerprint density at radius 1 is 1.22 bits per heavy atom. The first-order chi connectivity index (χ1) is 11.1. The molecular formula is C16H17F2N3O2. The third-order valence-corrected chi connectivity index (χ3v) is 3.97. The summed E-state index contributed by atoms with van der Waals surface area (Å²) in [5, 5.41) is 13.3. The van der Waals surface area contributed by atoms with Gasteiger partial charge in [0.2, 0.25) is 5.91 Å². The molecule has 1 aromatic carbocycles. The quantitative estimate of drug-likeness (QED) is 0.931. The number of aliphatic hydroxyl groups is 1. The van der Waals surface area contributed by atoms with Gasteiger partial charge in [-0.2, -0.15) is 5.10 Å². The predicted molar refractivity (Wildman–Crippen MR) is 78.2 cm³/mol. The molecule has 0 saturated carbocycles. The van der Waals surface area contributed by atoms with Crippen LogP contribution in [0.5, 0.6) is 0 Å². The number of halogens is 2. The summed E-state index contributed by atoms with van der Waals surface area (Å²) in [5.74, 6) is -1.81. The fourth-order valence-corrected chi connectivity index (χ4v) is 2.72. The first kappa shape index (κ1) is 15.6. The van der Waals surface area contributed by atoms with E-state index in [1.807, 2.05) is 0 Å². The van der Waals surface area contributed by atoms with Gasteiger partial charge in [0.15, 0.2) is 11.6 Å². The van der Waals surface area contributed by atoms with Gasteiger partial charge in [-0.15, -0.1) is 0 Å². The molecular weight excluding hydrogens is 304 g/mol. The van der Waals surface area contributed by atoms with Crippen LogP contribution < -0.4 is 0 Å². The summed E-state index contributed by atoms with van der Waals surface area (Å²) in [6, 6.07) is 5.48. The van der Waals surface area contributed by atoms with Crippen LogP contribution in [0.1, 0.15) is 23.4 Å². The highest BCUT2D eigenvalue weighted by molar-refractivity contribution is 5.76. The van der Waals surface area contributed by atoms with Gasteiger partial charge in [0.1, 0.15) is 0 Å². The Labute approximate surface area is 132 Å². The number of benzene rings is 1. The number of carbonyl (C=O) groups excluding carboxylic acids is 1. The fraction of sp³-hybridized carbons (Fsp3) is 0.375. The van der Waals surface area contributed by atoms with Crippen molar-refractivity contribution in [3.05, 3.63) is 52.9 Å². The largest absolute Gasteiger partial charge is 0.390 e. The number of aromatic nitrogens is 2. The van der Waals surface area contributed by atoms with Crippen molar-refractivity contribution >= 4 is 5.91 Å². The fourth-order valence-electron chi connectivity index (χ4n) is 2.72. The third-order valence-electron chi connectivity index (χ3n) is 3.97. The Kier molecular flexibility index (Phi) is 4.38. The first-order valence-corrected chi connectivity index (χ1v) is 7.45. The van der Waals surface area contributed by atoms with E-state index in [4.69, 9.17) is 5.11 Å². The molecule has 0 radical (unpaired) electrons. The van der Waals surface area contributed by atoms with Crippen LogP contribution in [-0.2, 0) is 30.9 Å². The average molecular weight is 321 g/mol. The van der Waals surface area contributed by atoms with E-state index in [-0.39, 0.29) is 18.9 Å². The van der Waals surface area contributed by atoms with Gasteiger partial charge in [-0.25, -0.2) is 8.78 Å². The molecule has 2 heterocycles. The van der Waals surface area contributed by atoms with Crippen molar-refractivity contribution in [2.75, 3.05) is 6.54 Å². The molecule has 3 rings (SSSR count). The SMILES string of the molecule is O=C(CCc1ccc(F)c(F)c1)N1CCn2nc(CO)cc2C1. The Bertz CT molecular complexity index is 730. The van der Waals surface area contributed by atoms with Crippen LogP contribution >= 0.6 is 0 Å². The van der Waals surface area contributed by atoms with Crippen molar-refractivity contribution in [3.8, 4) is 0 Å². The molecule has 1 N–H and O–H groups in total. The van der Waals surface area contributed by atoms with Crippen molar-refractivity contribution in [1.82, 2.24) is 14.7 Å². The van der Waals surface area contributed by atoms with Gasteiger partial charge >= 0.3 is 0 Å². The van der Waals surface area contributed by atoms with Crippen LogP contribution in [-0.4, -0.2) is 32.2 Å². The number of amides is 1. The molecule has 0 unspecified atom stereocenters. The second-order valence-electron chi connectivity index (χ2n) is 5.57. The van der Waals surface area contributed by atoms with Gasteiger partial charge in [0.05, 0.1) is 31.1 Å². The van der Waals surface area contributed by atoms with E-state index in [0.29, 0.717) is 37.3 Å². The molecule has 2 aromatic rings. The van der Waals surface area contributed by atoms with E-state index >= 15 is 0 Å². The molecule has 5 nitrogen and oxygen atoms in total. The maximum absolute atomic E-state index is 13.2. The van der Waals surface area contributed by atoms with Crippen molar-refractivity contribution in [2.45, 2.75) is 32.5 Å². The second kappa shape index (κ2) is 6.45. The molecule has 7 heteroatoms. The average Bonchev–Trinajstić information content (AvgIpc) is 2.97. The monoisotopic (exact) mass is 321 g/mol. The van der Waals surface area contributed by atoms with Crippen LogP contribution in [0.25, 0.3) is 0 Å². The molecule has 1 aromatic heterocycles. The van der Waals surface area contributed by atoms with E-state index < -0.39 is 11.6 Å². The van der Waals surface area contributed by atoms with Crippen molar-refractivity contribution in [1.29, 1.82) is 0 Å². The first-order valence-electron chi connectivity index (χ1n) is 7.45. The zero-order valence-corrected chi connectivity index (χ0v) is 12.5. The number of hydrogen-bond acceptors (Lipinski definition) is 3. The number of aliphatic hydroxyl groups excluding tert-OH is 1. The summed E-state index contributed by atoms with van der Waals surface area (Å²) in [6.07, 6.45) is 0.611. The highest BCUT2D eigenvalue weighted by Gasteiger charge is 2.22. The number of aryl methyl sites for hydroxylation is 1. The number of nitrogens with zero attached hydrogens (tertiary/aromatic N) is 3. The van der Waals surface area contributed by atoms with Crippen molar-refractivity contribution in [3.63, 3.8) is 0 Å². The van der Waals surface area contributed by atoms with Crippen LogP contribution in [0, 0.1) is 11.6 Å². The second-order valence-corrected chi connectivity index (χ2v) is 5.57. The summed E-state index contributed by atoms with van der Waals surface area (Å²) in [4.78, 5) is 14.0. The summed E-state index contributed by atoms with van der Waals surface area (Å²) in [7, 11) is 0. The topological polar surface area (TPSA) is 58.4 Å². The van der Waals surface area contributed by atoms with Gasteiger partial charge in [0, 0.05) is 13.0 Å². The van der Waals surface area contributed by atoms with E-state index in [1.165, 1.54) is 6.07 Å². The molecule has 0 spiro atoms. The number of carbonyl (C=O) groups is 1. The standard InChI is InChI=1S/C16H17F2N3O2/c17-14-3-1-11(7-15(14)18)2-4-16(23)20-5-6-21-13(9-20)8-12(10-22)19-21/h1,3,7-8,22H,2,4-6,9-10H2. The molecule has 1 aliphatic heterocycles. The van der Waals surface area contributed by atoms with Gasteiger partial charge in [-0.3, -0.25) is 9.48 Å². The maximum Gasteiger partial charge on any atom is 0.223 e. The molecule has 0 bridgehead atoms. The molecule has 0 saturated heterocycles. The Morgan fingerprint density at radius 2 is 2.04 bits per heavy atom. The van der Waals surface area contributed by atoms with Crippen molar-refractivity contribution in [2.24, 2.45) is 0 Å². The third kappa shape index (κ3) is 3.39. The summed E-state index contributed by atoms with van der Waals surface area (Å²) < 4.78 is 27.8. The van der Waals surface area contributed by atoms with E-state index in [9.17, 15) is 13.6 Å². The zero-order valence-electron chi connectivity index (χ0n) is 12.5. The van der Waals surface area contributed by atoms with Gasteiger partial charge < -0.3 is 10.0 Å².